The molecule has 0 radical (unpaired) electrons. The van der Waals surface area contributed by atoms with E-state index in [-0.39, 0.29) is 5.91 Å². The zero-order chi connectivity index (χ0) is 16.1. The number of rotatable bonds is 5. The van der Waals surface area contributed by atoms with Gasteiger partial charge in [-0.3, -0.25) is 9.78 Å². The molecular formula is C18H23N3OS. The van der Waals surface area contributed by atoms with Gasteiger partial charge in [-0.1, -0.05) is 6.92 Å². The molecular weight excluding hydrogens is 306 g/mol. The van der Waals surface area contributed by atoms with Crippen molar-refractivity contribution in [1.82, 2.24) is 14.9 Å². The van der Waals surface area contributed by atoms with Gasteiger partial charge in [0.25, 0.3) is 0 Å². The standard InChI is InChI=1S/C18H23N3OS/c1-2-16-7-3-4-11-21(16)17(22)9-8-15-13-23-18(20-15)14-6-5-10-19-12-14/h5-6,10,12-13,16H,2-4,7-9,11H2,1H3. The molecule has 2 aromatic rings. The van der Waals surface area contributed by atoms with E-state index in [0.717, 1.165) is 48.5 Å². The summed E-state index contributed by atoms with van der Waals surface area (Å²) in [5.74, 6) is 0.285. The number of carbonyl (C=O) groups is 1. The van der Waals surface area contributed by atoms with Crippen LogP contribution in [-0.2, 0) is 11.2 Å². The van der Waals surface area contributed by atoms with Crippen LogP contribution in [0.4, 0.5) is 0 Å². The van der Waals surface area contributed by atoms with Gasteiger partial charge < -0.3 is 4.90 Å². The minimum absolute atomic E-state index is 0.285. The lowest BCUT2D eigenvalue weighted by molar-refractivity contribution is -0.134. The van der Waals surface area contributed by atoms with Gasteiger partial charge in [-0.25, -0.2) is 4.98 Å². The van der Waals surface area contributed by atoms with Crippen molar-refractivity contribution in [1.29, 1.82) is 0 Å². The molecule has 1 amide bonds. The Labute approximate surface area is 141 Å². The number of hydrogen-bond acceptors (Lipinski definition) is 4. The maximum absolute atomic E-state index is 12.5. The van der Waals surface area contributed by atoms with E-state index in [1.807, 2.05) is 18.3 Å². The molecule has 1 fully saturated rings. The number of pyridine rings is 1. The molecule has 3 rings (SSSR count). The molecule has 1 atom stereocenters. The molecule has 4 nitrogen and oxygen atoms in total. The van der Waals surface area contributed by atoms with Crippen molar-refractivity contribution in [3.63, 3.8) is 0 Å². The molecule has 1 saturated heterocycles. The van der Waals surface area contributed by atoms with Crippen LogP contribution in [0, 0.1) is 0 Å². The molecule has 1 unspecified atom stereocenters. The highest BCUT2D eigenvalue weighted by Crippen LogP contribution is 2.24. The second-order valence-electron chi connectivity index (χ2n) is 6.03. The van der Waals surface area contributed by atoms with Crippen LogP contribution in [0.1, 0.15) is 44.7 Å². The van der Waals surface area contributed by atoms with Gasteiger partial charge in [0.1, 0.15) is 5.01 Å². The number of likely N-dealkylation sites (tertiary alicyclic amines) is 1. The zero-order valence-corrected chi connectivity index (χ0v) is 14.4. The van der Waals surface area contributed by atoms with Crippen molar-refractivity contribution < 1.29 is 4.79 Å². The van der Waals surface area contributed by atoms with Gasteiger partial charge in [-0.15, -0.1) is 11.3 Å². The van der Waals surface area contributed by atoms with Crippen LogP contribution in [0.2, 0.25) is 0 Å². The van der Waals surface area contributed by atoms with Crippen LogP contribution < -0.4 is 0 Å². The fourth-order valence-corrected chi connectivity index (χ4v) is 4.02. The second kappa shape index (κ2) is 7.68. The maximum Gasteiger partial charge on any atom is 0.223 e. The van der Waals surface area contributed by atoms with E-state index in [0.29, 0.717) is 12.5 Å². The summed E-state index contributed by atoms with van der Waals surface area (Å²) >= 11 is 1.62. The Balaban J connectivity index is 1.58. The summed E-state index contributed by atoms with van der Waals surface area (Å²) in [6, 6.07) is 4.37. The largest absolute Gasteiger partial charge is 0.340 e. The van der Waals surface area contributed by atoms with E-state index in [4.69, 9.17) is 0 Å². The first-order valence-electron chi connectivity index (χ1n) is 8.42. The molecule has 0 spiro atoms. The smallest absolute Gasteiger partial charge is 0.223 e. The number of thiazole rings is 1. The number of amides is 1. The number of aromatic nitrogens is 2. The molecule has 23 heavy (non-hydrogen) atoms. The van der Waals surface area contributed by atoms with Gasteiger partial charge in [0.15, 0.2) is 0 Å². The minimum atomic E-state index is 0.285. The Kier molecular flexibility index (Phi) is 5.39. The molecule has 0 bridgehead atoms. The van der Waals surface area contributed by atoms with Gasteiger partial charge in [0, 0.05) is 42.3 Å². The van der Waals surface area contributed by atoms with Gasteiger partial charge in [0.05, 0.1) is 5.69 Å². The lowest BCUT2D eigenvalue weighted by Gasteiger charge is -2.35. The van der Waals surface area contributed by atoms with E-state index < -0.39 is 0 Å². The van der Waals surface area contributed by atoms with Crippen LogP contribution in [0.5, 0.6) is 0 Å². The van der Waals surface area contributed by atoms with Crippen molar-refractivity contribution in [3.05, 3.63) is 35.6 Å². The SMILES string of the molecule is CCC1CCCCN1C(=O)CCc1csc(-c2cccnc2)n1. The van der Waals surface area contributed by atoms with Crippen LogP contribution in [0.25, 0.3) is 10.6 Å². The normalized spacial score (nSPS) is 18.1. The Hall–Kier alpha value is -1.75. The third kappa shape index (κ3) is 3.96. The first-order chi connectivity index (χ1) is 11.3. The summed E-state index contributed by atoms with van der Waals surface area (Å²) in [6.07, 6.45) is 9.49. The van der Waals surface area contributed by atoms with E-state index in [1.54, 1.807) is 17.5 Å². The Bertz CT molecular complexity index is 641. The van der Waals surface area contributed by atoms with Gasteiger partial charge in [0.2, 0.25) is 5.91 Å². The quantitative estimate of drug-likeness (QED) is 0.835. The van der Waals surface area contributed by atoms with Crippen LogP contribution in [0.3, 0.4) is 0 Å². The molecule has 1 aliphatic rings. The minimum Gasteiger partial charge on any atom is -0.340 e. The Morgan fingerprint density at radius 1 is 1.43 bits per heavy atom. The lowest BCUT2D eigenvalue weighted by atomic mass is 9.99. The summed E-state index contributed by atoms with van der Waals surface area (Å²) in [4.78, 5) is 23.4. The number of hydrogen-bond donors (Lipinski definition) is 0. The van der Waals surface area contributed by atoms with Crippen molar-refractivity contribution in [3.8, 4) is 10.6 Å². The number of nitrogens with zero attached hydrogens (tertiary/aromatic N) is 3. The average molecular weight is 329 g/mol. The molecule has 122 valence electrons. The van der Waals surface area contributed by atoms with E-state index in [9.17, 15) is 4.79 Å². The zero-order valence-electron chi connectivity index (χ0n) is 13.6. The number of aryl methyl sites for hydroxylation is 1. The van der Waals surface area contributed by atoms with Crippen molar-refractivity contribution >= 4 is 17.2 Å². The first-order valence-corrected chi connectivity index (χ1v) is 9.30. The summed E-state index contributed by atoms with van der Waals surface area (Å²) in [5.41, 5.74) is 2.05. The van der Waals surface area contributed by atoms with Crippen LogP contribution in [-0.4, -0.2) is 33.4 Å². The lowest BCUT2D eigenvalue weighted by Crippen LogP contribution is -2.43. The van der Waals surface area contributed by atoms with Crippen molar-refractivity contribution in [2.75, 3.05) is 6.54 Å². The molecule has 5 heteroatoms. The number of piperidine rings is 1. The van der Waals surface area contributed by atoms with E-state index in [2.05, 4.69) is 27.2 Å². The van der Waals surface area contributed by atoms with Gasteiger partial charge >= 0.3 is 0 Å². The summed E-state index contributed by atoms with van der Waals surface area (Å²) in [6.45, 7) is 3.10. The molecule has 2 aromatic heterocycles. The highest BCUT2D eigenvalue weighted by atomic mass is 32.1. The monoisotopic (exact) mass is 329 g/mol. The molecule has 0 aliphatic carbocycles. The second-order valence-corrected chi connectivity index (χ2v) is 6.89. The van der Waals surface area contributed by atoms with Crippen molar-refractivity contribution in [2.45, 2.75) is 51.5 Å². The van der Waals surface area contributed by atoms with Crippen molar-refractivity contribution in [2.24, 2.45) is 0 Å². The van der Waals surface area contributed by atoms with Gasteiger partial charge in [-0.05, 0) is 44.2 Å². The summed E-state index contributed by atoms with van der Waals surface area (Å²) in [5, 5.41) is 3.04. The number of carbonyl (C=O) groups excluding carboxylic acids is 1. The fraction of sp³-hybridized carbons (Fsp3) is 0.500. The van der Waals surface area contributed by atoms with E-state index in [1.165, 1.54) is 6.42 Å². The molecule has 0 aromatic carbocycles. The third-order valence-corrected chi connectivity index (χ3v) is 5.41. The predicted octanol–water partition coefficient (Wildman–Crippen LogP) is 3.93. The molecule has 0 saturated carbocycles. The van der Waals surface area contributed by atoms with Crippen LogP contribution >= 0.6 is 11.3 Å². The third-order valence-electron chi connectivity index (χ3n) is 4.47. The Morgan fingerprint density at radius 3 is 3.13 bits per heavy atom. The summed E-state index contributed by atoms with van der Waals surface area (Å²) in [7, 11) is 0. The van der Waals surface area contributed by atoms with E-state index >= 15 is 0 Å². The predicted molar refractivity (Wildman–Crippen MR) is 93.3 cm³/mol. The fourth-order valence-electron chi connectivity index (χ4n) is 3.18. The first kappa shape index (κ1) is 16.1. The molecule has 3 heterocycles. The average Bonchev–Trinajstić information content (AvgIpc) is 3.09. The summed E-state index contributed by atoms with van der Waals surface area (Å²) < 4.78 is 0. The Morgan fingerprint density at radius 2 is 2.35 bits per heavy atom. The molecule has 1 aliphatic heterocycles. The molecule has 0 N–H and O–H groups in total. The van der Waals surface area contributed by atoms with Crippen LogP contribution in [0.15, 0.2) is 29.9 Å². The van der Waals surface area contributed by atoms with Gasteiger partial charge in [-0.2, -0.15) is 0 Å². The highest BCUT2D eigenvalue weighted by Gasteiger charge is 2.24. The topological polar surface area (TPSA) is 46.1 Å². The maximum atomic E-state index is 12.5. The highest BCUT2D eigenvalue weighted by molar-refractivity contribution is 7.13.